The van der Waals surface area contributed by atoms with Crippen molar-refractivity contribution in [2.75, 3.05) is 27.4 Å². The van der Waals surface area contributed by atoms with Gasteiger partial charge in [-0.2, -0.15) is 0 Å². The van der Waals surface area contributed by atoms with E-state index in [0.29, 0.717) is 25.4 Å². The van der Waals surface area contributed by atoms with Crippen LogP contribution in [-0.2, 0) is 17.9 Å². The molecule has 0 unspecified atom stereocenters. The van der Waals surface area contributed by atoms with Gasteiger partial charge in [-0.1, -0.05) is 12.1 Å². The van der Waals surface area contributed by atoms with Gasteiger partial charge >= 0.3 is 0 Å². The summed E-state index contributed by atoms with van der Waals surface area (Å²) in [4.78, 5) is 2.18. The first-order chi connectivity index (χ1) is 12.5. The van der Waals surface area contributed by atoms with Crippen LogP contribution in [0.2, 0.25) is 0 Å². The monoisotopic (exact) mass is 363 g/mol. The van der Waals surface area contributed by atoms with Crippen molar-refractivity contribution in [2.45, 2.75) is 39.1 Å². The number of furan rings is 1. The van der Waals surface area contributed by atoms with Gasteiger partial charge in [0.2, 0.25) is 0 Å². The third-order valence-corrected chi connectivity index (χ3v) is 4.17. The molecular formula is C20H29NO5. The van der Waals surface area contributed by atoms with Gasteiger partial charge in [0.1, 0.15) is 12.4 Å². The summed E-state index contributed by atoms with van der Waals surface area (Å²) >= 11 is 0. The highest BCUT2D eigenvalue weighted by molar-refractivity contribution is 5.46. The molecule has 1 heterocycles. The van der Waals surface area contributed by atoms with E-state index in [1.807, 2.05) is 30.3 Å². The summed E-state index contributed by atoms with van der Waals surface area (Å²) in [6.45, 7) is 5.95. The lowest BCUT2D eigenvalue weighted by Gasteiger charge is -2.29. The Morgan fingerprint density at radius 3 is 2.54 bits per heavy atom. The summed E-state index contributed by atoms with van der Waals surface area (Å²) in [5.74, 6) is 2.18. The molecule has 6 heteroatoms. The molecular weight excluding hydrogens is 334 g/mol. The number of benzene rings is 1. The maximum atomic E-state index is 10.3. The zero-order valence-corrected chi connectivity index (χ0v) is 16.0. The third-order valence-electron chi connectivity index (χ3n) is 4.17. The Morgan fingerprint density at radius 2 is 1.92 bits per heavy atom. The predicted octanol–water partition coefficient (Wildman–Crippen LogP) is 3.08. The van der Waals surface area contributed by atoms with Crippen LogP contribution in [0.1, 0.15) is 25.2 Å². The summed E-state index contributed by atoms with van der Waals surface area (Å²) in [5.41, 5.74) is 1.02. The fourth-order valence-corrected chi connectivity index (χ4v) is 2.77. The molecule has 1 N–H and O–H groups in total. The Bertz CT molecular complexity index is 642. The number of rotatable bonds is 11. The average molecular weight is 363 g/mol. The number of nitrogens with zero attached hydrogens (tertiary/aromatic N) is 1. The average Bonchev–Trinajstić information content (AvgIpc) is 3.14. The van der Waals surface area contributed by atoms with Crippen molar-refractivity contribution in [3.05, 3.63) is 47.9 Å². The van der Waals surface area contributed by atoms with E-state index in [9.17, 15) is 5.11 Å². The van der Waals surface area contributed by atoms with Crippen LogP contribution >= 0.6 is 0 Å². The van der Waals surface area contributed by atoms with Crippen LogP contribution in [0.4, 0.5) is 0 Å². The van der Waals surface area contributed by atoms with E-state index in [1.54, 1.807) is 20.5 Å². The molecule has 0 amide bonds. The lowest BCUT2D eigenvalue weighted by molar-refractivity contribution is -0.00127. The second-order valence-corrected chi connectivity index (χ2v) is 6.42. The van der Waals surface area contributed by atoms with Gasteiger partial charge in [-0.25, -0.2) is 0 Å². The van der Waals surface area contributed by atoms with Crippen molar-refractivity contribution in [1.29, 1.82) is 0 Å². The van der Waals surface area contributed by atoms with Crippen molar-refractivity contribution in [3.8, 4) is 11.5 Å². The van der Waals surface area contributed by atoms with E-state index in [2.05, 4.69) is 18.7 Å². The standard InChI is InChI=1S/C20H29NO5/c1-15(2)21(11-16-7-5-9-19(23-3)20(16)24-4)12-17(22)13-25-14-18-8-6-10-26-18/h5-10,15,17,22H,11-14H2,1-4H3/t17-/m1/s1. The third kappa shape index (κ3) is 5.76. The number of aliphatic hydroxyl groups excluding tert-OH is 1. The van der Waals surface area contributed by atoms with Gasteiger partial charge < -0.3 is 23.7 Å². The first kappa shape index (κ1) is 20.3. The van der Waals surface area contributed by atoms with E-state index in [0.717, 1.165) is 17.1 Å². The number of methoxy groups -OCH3 is 2. The molecule has 0 saturated carbocycles. The highest BCUT2D eigenvalue weighted by Gasteiger charge is 2.19. The molecule has 1 atom stereocenters. The minimum Gasteiger partial charge on any atom is -0.493 e. The Morgan fingerprint density at radius 1 is 1.12 bits per heavy atom. The van der Waals surface area contributed by atoms with Crippen LogP contribution in [0.15, 0.2) is 41.0 Å². The van der Waals surface area contributed by atoms with Crippen molar-refractivity contribution >= 4 is 0 Å². The lowest BCUT2D eigenvalue weighted by Crippen LogP contribution is -2.38. The van der Waals surface area contributed by atoms with Gasteiger partial charge in [0.15, 0.2) is 11.5 Å². The molecule has 26 heavy (non-hydrogen) atoms. The normalized spacial score (nSPS) is 12.6. The molecule has 2 aromatic rings. The molecule has 0 saturated heterocycles. The molecule has 0 aliphatic rings. The number of hydrogen-bond donors (Lipinski definition) is 1. The predicted molar refractivity (Wildman–Crippen MR) is 99.5 cm³/mol. The SMILES string of the molecule is COc1cccc(CN(C[C@@H](O)COCc2ccco2)C(C)C)c1OC. The summed E-state index contributed by atoms with van der Waals surface area (Å²) < 4.78 is 21.6. The van der Waals surface area contributed by atoms with E-state index in [1.165, 1.54) is 0 Å². The first-order valence-corrected chi connectivity index (χ1v) is 8.77. The lowest BCUT2D eigenvalue weighted by atomic mass is 10.1. The number of hydrogen-bond acceptors (Lipinski definition) is 6. The summed E-state index contributed by atoms with van der Waals surface area (Å²) in [7, 11) is 3.26. The van der Waals surface area contributed by atoms with Crippen LogP contribution in [-0.4, -0.2) is 49.5 Å². The maximum absolute atomic E-state index is 10.3. The van der Waals surface area contributed by atoms with Crippen LogP contribution < -0.4 is 9.47 Å². The van der Waals surface area contributed by atoms with Crippen molar-refractivity contribution in [1.82, 2.24) is 4.90 Å². The fraction of sp³-hybridized carbons (Fsp3) is 0.500. The Kier molecular flexibility index (Phi) is 7.97. The molecule has 0 aliphatic heterocycles. The van der Waals surface area contributed by atoms with Crippen molar-refractivity contribution < 1.29 is 23.7 Å². The zero-order valence-electron chi connectivity index (χ0n) is 16.0. The Labute approximate surface area is 155 Å². The second-order valence-electron chi connectivity index (χ2n) is 6.42. The molecule has 144 valence electrons. The van der Waals surface area contributed by atoms with Gasteiger partial charge in [-0.3, -0.25) is 4.90 Å². The van der Waals surface area contributed by atoms with Gasteiger partial charge in [0.05, 0.1) is 33.2 Å². The molecule has 1 aromatic carbocycles. The van der Waals surface area contributed by atoms with E-state index < -0.39 is 6.10 Å². The Balaban J connectivity index is 1.94. The number of ether oxygens (including phenoxy) is 3. The quantitative estimate of drug-likeness (QED) is 0.662. The molecule has 1 aromatic heterocycles. The minimum absolute atomic E-state index is 0.249. The molecule has 0 radical (unpaired) electrons. The Hall–Kier alpha value is -2.02. The highest BCUT2D eigenvalue weighted by atomic mass is 16.5. The topological polar surface area (TPSA) is 64.3 Å². The summed E-state index contributed by atoms with van der Waals surface area (Å²) in [5, 5.41) is 10.3. The van der Waals surface area contributed by atoms with Crippen LogP contribution in [0, 0.1) is 0 Å². The van der Waals surface area contributed by atoms with Gasteiger partial charge in [-0.15, -0.1) is 0 Å². The van der Waals surface area contributed by atoms with E-state index in [-0.39, 0.29) is 12.6 Å². The molecule has 0 aliphatic carbocycles. The molecule has 0 spiro atoms. The summed E-state index contributed by atoms with van der Waals surface area (Å²) in [6.07, 6.45) is 1.01. The van der Waals surface area contributed by atoms with Crippen LogP contribution in [0.5, 0.6) is 11.5 Å². The van der Waals surface area contributed by atoms with Crippen LogP contribution in [0.25, 0.3) is 0 Å². The van der Waals surface area contributed by atoms with E-state index in [4.69, 9.17) is 18.6 Å². The van der Waals surface area contributed by atoms with Gasteiger partial charge in [0.25, 0.3) is 0 Å². The molecule has 2 rings (SSSR count). The van der Waals surface area contributed by atoms with Crippen molar-refractivity contribution in [3.63, 3.8) is 0 Å². The minimum atomic E-state index is -0.594. The summed E-state index contributed by atoms with van der Waals surface area (Å²) in [6, 6.07) is 9.75. The fourth-order valence-electron chi connectivity index (χ4n) is 2.77. The number of aliphatic hydroxyl groups is 1. The van der Waals surface area contributed by atoms with Crippen LogP contribution in [0.3, 0.4) is 0 Å². The van der Waals surface area contributed by atoms with Gasteiger partial charge in [0, 0.05) is 24.7 Å². The molecule has 0 bridgehead atoms. The maximum Gasteiger partial charge on any atom is 0.165 e. The van der Waals surface area contributed by atoms with E-state index >= 15 is 0 Å². The number of para-hydroxylation sites is 1. The largest absolute Gasteiger partial charge is 0.493 e. The zero-order chi connectivity index (χ0) is 18.9. The molecule has 0 fully saturated rings. The van der Waals surface area contributed by atoms with Crippen molar-refractivity contribution in [2.24, 2.45) is 0 Å². The smallest absolute Gasteiger partial charge is 0.165 e. The highest BCUT2D eigenvalue weighted by Crippen LogP contribution is 2.31. The second kappa shape index (κ2) is 10.2. The van der Waals surface area contributed by atoms with Gasteiger partial charge in [-0.05, 0) is 32.0 Å². The molecule has 6 nitrogen and oxygen atoms in total. The first-order valence-electron chi connectivity index (χ1n) is 8.77.